The predicted molar refractivity (Wildman–Crippen MR) is 63.0 cm³/mol. The van der Waals surface area contributed by atoms with E-state index in [0.29, 0.717) is 5.82 Å². The fourth-order valence-electron chi connectivity index (χ4n) is 1.27. The van der Waals surface area contributed by atoms with Crippen molar-refractivity contribution in [2.45, 2.75) is 6.92 Å². The Hall–Kier alpha value is -2.43. The van der Waals surface area contributed by atoms with E-state index < -0.39 is 16.8 Å². The van der Waals surface area contributed by atoms with Crippen LogP contribution in [0, 0.1) is 17.0 Å². The lowest BCUT2D eigenvalue weighted by Crippen LogP contribution is -2.11. The summed E-state index contributed by atoms with van der Waals surface area (Å²) in [5.41, 5.74) is -0.244. The number of aromatic carboxylic acids is 1. The first kappa shape index (κ1) is 13.0. The lowest BCUT2D eigenvalue weighted by atomic mass is 10.3. The van der Waals surface area contributed by atoms with Gasteiger partial charge in [-0.25, -0.2) is 14.8 Å². The largest absolute Gasteiger partial charge is 0.492 e. The van der Waals surface area contributed by atoms with E-state index in [1.165, 1.54) is 0 Å². The van der Waals surface area contributed by atoms with Gasteiger partial charge in [0.15, 0.2) is 5.82 Å². The Kier molecular flexibility index (Phi) is 3.21. The van der Waals surface area contributed by atoms with E-state index in [0.717, 1.165) is 10.9 Å². The molecule has 0 aliphatic heterocycles. The first-order chi connectivity index (χ1) is 8.90. The maximum absolute atomic E-state index is 11.1. The monoisotopic (exact) mass is 328 g/mol. The Balaban J connectivity index is 2.67. The summed E-state index contributed by atoms with van der Waals surface area (Å²) >= 11 is 2.96. The van der Waals surface area contributed by atoms with Crippen molar-refractivity contribution in [1.29, 1.82) is 0 Å². The molecule has 0 saturated carbocycles. The van der Waals surface area contributed by atoms with Crippen molar-refractivity contribution in [2.24, 2.45) is 0 Å². The summed E-state index contributed by atoms with van der Waals surface area (Å²) in [4.78, 5) is 32.1. The molecule has 2 aromatic heterocycles. The van der Waals surface area contributed by atoms with E-state index >= 15 is 0 Å². The summed E-state index contributed by atoms with van der Waals surface area (Å²) in [6.07, 6.45) is 1.10. The number of carboxylic acids is 1. The summed E-state index contributed by atoms with van der Waals surface area (Å²) < 4.78 is 0.899. The molecule has 0 spiro atoms. The molecule has 0 amide bonds. The van der Waals surface area contributed by atoms with E-state index in [4.69, 9.17) is 5.11 Å². The van der Waals surface area contributed by atoms with Gasteiger partial charge < -0.3 is 15.2 Å². The number of hydrogen-bond donors (Lipinski definition) is 1. The van der Waals surface area contributed by atoms with Crippen LogP contribution in [-0.2, 0) is 0 Å². The van der Waals surface area contributed by atoms with Crippen LogP contribution in [0.2, 0.25) is 0 Å². The fraction of sp³-hybridized carbons (Fsp3) is 0.125. The zero-order chi connectivity index (χ0) is 14.2. The van der Waals surface area contributed by atoms with Crippen molar-refractivity contribution in [2.75, 3.05) is 0 Å². The second kappa shape index (κ2) is 4.68. The molecule has 0 aromatic carbocycles. The third kappa shape index (κ3) is 2.40. The average Bonchev–Trinajstić information content (AvgIpc) is 2.71. The summed E-state index contributed by atoms with van der Waals surface area (Å²) in [5, 5.41) is 23.2. The molecule has 0 saturated heterocycles. The third-order valence-corrected chi connectivity index (χ3v) is 2.55. The highest BCUT2D eigenvalue weighted by Crippen LogP contribution is 2.19. The molecule has 98 valence electrons. The molecule has 0 radical (unpaired) electrons. The highest BCUT2D eigenvalue weighted by Gasteiger charge is 2.25. The van der Waals surface area contributed by atoms with Gasteiger partial charge in [0.05, 0.1) is 0 Å². The van der Waals surface area contributed by atoms with Gasteiger partial charge in [0.25, 0.3) is 4.73 Å². The van der Waals surface area contributed by atoms with Gasteiger partial charge in [-0.2, -0.15) is 0 Å². The first-order valence-corrected chi connectivity index (χ1v) is 5.53. The molecule has 2 aromatic rings. The molecule has 10 nitrogen and oxygen atoms in total. The predicted octanol–water partition coefficient (Wildman–Crippen LogP) is 0.735. The van der Waals surface area contributed by atoms with Crippen molar-refractivity contribution in [3.8, 4) is 5.82 Å². The van der Waals surface area contributed by atoms with Crippen LogP contribution in [0.3, 0.4) is 0 Å². The zero-order valence-electron chi connectivity index (χ0n) is 9.31. The Labute approximate surface area is 113 Å². The normalized spacial score (nSPS) is 10.4. The van der Waals surface area contributed by atoms with Crippen LogP contribution < -0.4 is 0 Å². The average molecular weight is 329 g/mol. The summed E-state index contributed by atoms with van der Waals surface area (Å²) in [7, 11) is 0. The van der Waals surface area contributed by atoms with Gasteiger partial charge in [0.2, 0.25) is 0 Å². The zero-order valence-corrected chi connectivity index (χ0v) is 10.9. The van der Waals surface area contributed by atoms with E-state index in [1.54, 1.807) is 6.92 Å². The third-order valence-electron chi connectivity index (χ3n) is 2.04. The van der Waals surface area contributed by atoms with E-state index in [1.807, 2.05) is 0 Å². The number of halogens is 1. The highest BCUT2D eigenvalue weighted by atomic mass is 79.9. The molecule has 19 heavy (non-hydrogen) atoms. The van der Waals surface area contributed by atoms with Gasteiger partial charge in [0, 0.05) is 27.2 Å². The van der Waals surface area contributed by atoms with Crippen LogP contribution >= 0.6 is 15.9 Å². The molecular weight excluding hydrogens is 324 g/mol. The minimum Gasteiger partial charge on any atom is -0.477 e. The number of carboxylic acid groups (broad SMARTS) is 1. The smallest absolute Gasteiger partial charge is 0.477 e. The molecule has 0 unspecified atom stereocenters. The number of hydrogen-bond acceptors (Lipinski definition) is 7. The number of aromatic nitrogens is 5. The molecule has 2 rings (SSSR count). The molecule has 11 heteroatoms. The maximum Gasteiger partial charge on any atom is 0.492 e. The van der Waals surface area contributed by atoms with E-state index in [2.05, 4.69) is 36.0 Å². The van der Waals surface area contributed by atoms with Gasteiger partial charge in [-0.15, -0.1) is 4.68 Å². The molecule has 0 bridgehead atoms. The highest BCUT2D eigenvalue weighted by molar-refractivity contribution is 9.10. The molecule has 0 atom stereocenters. The van der Waals surface area contributed by atoms with Crippen molar-refractivity contribution >= 4 is 27.8 Å². The lowest BCUT2D eigenvalue weighted by Gasteiger charge is -2.02. The van der Waals surface area contributed by atoms with Gasteiger partial charge in [0.1, 0.15) is 11.4 Å². The second-order valence-electron chi connectivity index (χ2n) is 3.31. The maximum atomic E-state index is 11.1. The number of rotatable bonds is 3. The van der Waals surface area contributed by atoms with E-state index in [9.17, 15) is 14.9 Å². The second-order valence-corrected chi connectivity index (χ2v) is 4.02. The minimum atomic E-state index is -1.28. The van der Waals surface area contributed by atoms with Crippen LogP contribution in [0.5, 0.6) is 0 Å². The standard InChI is InChI=1S/C8H5BrN6O4/c1-3-10-2-4(6(16)17)5(11-3)14-7(9)12-8(13-14)15(18)19/h2H,1H3,(H,16,17). The van der Waals surface area contributed by atoms with Crippen LogP contribution in [0.15, 0.2) is 10.9 Å². The van der Waals surface area contributed by atoms with Crippen LogP contribution in [0.25, 0.3) is 5.82 Å². The fourth-order valence-corrected chi connectivity index (χ4v) is 1.67. The Morgan fingerprint density at radius 2 is 2.21 bits per heavy atom. The van der Waals surface area contributed by atoms with E-state index in [-0.39, 0.29) is 16.1 Å². The molecule has 0 fully saturated rings. The summed E-state index contributed by atoms with van der Waals surface area (Å²) in [6.45, 7) is 1.55. The summed E-state index contributed by atoms with van der Waals surface area (Å²) in [5.74, 6) is -1.75. The van der Waals surface area contributed by atoms with Crippen molar-refractivity contribution < 1.29 is 14.8 Å². The van der Waals surface area contributed by atoms with Crippen molar-refractivity contribution in [3.63, 3.8) is 0 Å². The van der Waals surface area contributed by atoms with Crippen LogP contribution in [0.4, 0.5) is 5.95 Å². The molecule has 2 heterocycles. The van der Waals surface area contributed by atoms with Crippen LogP contribution in [-0.4, -0.2) is 40.7 Å². The van der Waals surface area contributed by atoms with Gasteiger partial charge in [-0.1, -0.05) is 0 Å². The van der Waals surface area contributed by atoms with Crippen LogP contribution in [0.1, 0.15) is 16.2 Å². The van der Waals surface area contributed by atoms with Gasteiger partial charge in [-0.05, 0) is 16.8 Å². The molecule has 1 N–H and O–H groups in total. The Morgan fingerprint density at radius 3 is 2.74 bits per heavy atom. The Bertz CT molecular complexity index is 684. The molecular formula is C8H5BrN6O4. The number of carbonyl (C=O) groups is 1. The van der Waals surface area contributed by atoms with Gasteiger partial charge >= 0.3 is 11.9 Å². The molecule has 0 aliphatic rings. The first-order valence-electron chi connectivity index (χ1n) is 4.74. The molecule has 0 aliphatic carbocycles. The van der Waals surface area contributed by atoms with Crippen molar-refractivity contribution in [3.05, 3.63) is 32.4 Å². The number of nitrogens with zero attached hydrogens (tertiary/aromatic N) is 6. The topological polar surface area (TPSA) is 137 Å². The van der Waals surface area contributed by atoms with Crippen molar-refractivity contribution in [1.82, 2.24) is 24.7 Å². The van der Waals surface area contributed by atoms with Gasteiger partial charge in [-0.3, -0.25) is 0 Å². The minimum absolute atomic E-state index is 0.0280. The number of nitro groups is 1. The quantitative estimate of drug-likeness (QED) is 0.643. The SMILES string of the molecule is Cc1ncc(C(=O)O)c(-n2nc([N+](=O)[O-])nc2Br)n1. The number of aryl methyl sites for hydroxylation is 1. The lowest BCUT2D eigenvalue weighted by molar-refractivity contribution is -0.394. The summed E-state index contributed by atoms with van der Waals surface area (Å²) in [6, 6.07) is 0. The Morgan fingerprint density at radius 1 is 1.53 bits per heavy atom.